The van der Waals surface area contributed by atoms with Gasteiger partial charge in [0.05, 0.1) is 12.2 Å². The van der Waals surface area contributed by atoms with Crippen molar-refractivity contribution in [2.24, 2.45) is 0 Å². The van der Waals surface area contributed by atoms with E-state index in [0.29, 0.717) is 5.82 Å². The first kappa shape index (κ1) is 11.5. The quantitative estimate of drug-likeness (QED) is 0.711. The molecule has 0 amide bonds. The Kier molecular flexibility index (Phi) is 3.66. The lowest BCUT2D eigenvalue weighted by molar-refractivity contribution is 0.585. The molecule has 0 bridgehead atoms. The maximum atomic E-state index is 5.89. The number of pyridine rings is 1. The monoisotopic (exact) mass is 232 g/mol. The van der Waals surface area contributed by atoms with Crippen LogP contribution < -0.4 is 11.1 Å². The lowest BCUT2D eigenvalue weighted by Gasteiger charge is -2.17. The van der Waals surface area contributed by atoms with Crippen LogP contribution in [0.4, 0.5) is 5.82 Å². The molecule has 1 unspecified atom stereocenters. The van der Waals surface area contributed by atoms with E-state index in [1.165, 1.54) is 0 Å². The molecule has 2 rings (SSSR count). The molecule has 2 aromatic rings. The van der Waals surface area contributed by atoms with Gasteiger partial charge in [-0.15, -0.1) is 0 Å². The van der Waals surface area contributed by atoms with Gasteiger partial charge in [-0.2, -0.15) is 15.4 Å². The van der Waals surface area contributed by atoms with E-state index < -0.39 is 0 Å². The van der Waals surface area contributed by atoms with Gasteiger partial charge >= 0.3 is 0 Å². The van der Waals surface area contributed by atoms with Crippen LogP contribution in [0.3, 0.4) is 0 Å². The van der Waals surface area contributed by atoms with E-state index in [1.807, 2.05) is 12.1 Å². The molecule has 0 spiro atoms. The van der Waals surface area contributed by atoms with Crippen molar-refractivity contribution in [1.82, 2.24) is 25.7 Å². The summed E-state index contributed by atoms with van der Waals surface area (Å²) >= 11 is 0. The summed E-state index contributed by atoms with van der Waals surface area (Å²) in [5.74, 6) is 0.518. The maximum Gasteiger partial charge on any atom is 0.128 e. The Balaban J connectivity index is 2.30. The number of nitrogens with two attached hydrogens (primary N) is 1. The molecule has 0 aliphatic heterocycles. The van der Waals surface area contributed by atoms with Crippen molar-refractivity contribution in [1.29, 1.82) is 0 Å². The Morgan fingerprint density at radius 1 is 1.53 bits per heavy atom. The van der Waals surface area contributed by atoms with Crippen molar-refractivity contribution in [2.45, 2.75) is 19.4 Å². The third-order valence-electron chi connectivity index (χ3n) is 2.51. The summed E-state index contributed by atoms with van der Waals surface area (Å²) in [7, 11) is 0. The molecule has 17 heavy (non-hydrogen) atoms. The zero-order valence-corrected chi connectivity index (χ0v) is 9.72. The summed E-state index contributed by atoms with van der Waals surface area (Å²) in [5.41, 5.74) is 7.63. The number of hydrogen-bond acceptors (Lipinski definition) is 5. The molecule has 6 nitrogen and oxygen atoms in total. The second-order valence-electron chi connectivity index (χ2n) is 3.76. The first-order valence-electron chi connectivity index (χ1n) is 5.62. The van der Waals surface area contributed by atoms with Crippen LogP contribution in [-0.2, 0) is 0 Å². The SMILES string of the molecule is CCCNC(c1cn[nH]n1)c1cccnc1N. The molecule has 0 radical (unpaired) electrons. The average molecular weight is 232 g/mol. The van der Waals surface area contributed by atoms with Gasteiger partial charge in [-0.05, 0) is 19.0 Å². The van der Waals surface area contributed by atoms with Crippen LogP contribution in [0.5, 0.6) is 0 Å². The zero-order chi connectivity index (χ0) is 12.1. The minimum atomic E-state index is -0.0672. The Hall–Kier alpha value is -1.95. The highest BCUT2D eigenvalue weighted by Gasteiger charge is 2.18. The van der Waals surface area contributed by atoms with E-state index >= 15 is 0 Å². The molecule has 6 heteroatoms. The minimum Gasteiger partial charge on any atom is -0.383 e. The number of anilines is 1. The number of H-pyrrole nitrogens is 1. The molecular weight excluding hydrogens is 216 g/mol. The molecule has 2 aromatic heterocycles. The highest BCUT2D eigenvalue weighted by Crippen LogP contribution is 2.23. The van der Waals surface area contributed by atoms with Gasteiger partial charge in [-0.25, -0.2) is 4.98 Å². The highest BCUT2D eigenvalue weighted by atomic mass is 15.3. The van der Waals surface area contributed by atoms with Crippen molar-refractivity contribution in [2.75, 3.05) is 12.3 Å². The summed E-state index contributed by atoms with van der Waals surface area (Å²) in [6.45, 7) is 2.99. The standard InChI is InChI=1S/C11H16N6/c1-2-5-13-10(9-7-15-17-16-9)8-4-3-6-14-11(8)12/h3-4,6-7,10,13H,2,5H2,1H3,(H2,12,14)(H,15,16,17). The van der Waals surface area contributed by atoms with E-state index in [9.17, 15) is 0 Å². The van der Waals surface area contributed by atoms with Crippen molar-refractivity contribution < 1.29 is 0 Å². The number of nitrogens with one attached hydrogen (secondary N) is 2. The Morgan fingerprint density at radius 3 is 3.06 bits per heavy atom. The summed E-state index contributed by atoms with van der Waals surface area (Å²) in [6.07, 6.45) is 4.41. The van der Waals surface area contributed by atoms with Crippen LogP contribution in [0.15, 0.2) is 24.5 Å². The first-order valence-corrected chi connectivity index (χ1v) is 5.62. The van der Waals surface area contributed by atoms with Crippen molar-refractivity contribution in [3.8, 4) is 0 Å². The summed E-state index contributed by atoms with van der Waals surface area (Å²) in [5, 5.41) is 13.9. The zero-order valence-electron chi connectivity index (χ0n) is 9.72. The number of nitrogen functional groups attached to an aromatic ring is 1. The number of rotatable bonds is 5. The third-order valence-corrected chi connectivity index (χ3v) is 2.51. The minimum absolute atomic E-state index is 0.0672. The van der Waals surface area contributed by atoms with Crippen LogP contribution in [0.1, 0.15) is 30.6 Å². The predicted octanol–water partition coefficient (Wildman–Crippen LogP) is 0.871. The largest absolute Gasteiger partial charge is 0.383 e. The van der Waals surface area contributed by atoms with Gasteiger partial charge in [0.2, 0.25) is 0 Å². The second kappa shape index (κ2) is 5.40. The molecule has 0 fully saturated rings. The van der Waals surface area contributed by atoms with Crippen molar-refractivity contribution in [3.63, 3.8) is 0 Å². The predicted molar refractivity (Wildman–Crippen MR) is 65.2 cm³/mol. The van der Waals surface area contributed by atoms with Crippen molar-refractivity contribution in [3.05, 3.63) is 35.8 Å². The molecular formula is C11H16N6. The van der Waals surface area contributed by atoms with Gasteiger partial charge in [0, 0.05) is 11.8 Å². The van der Waals surface area contributed by atoms with Crippen LogP contribution >= 0.6 is 0 Å². The molecule has 4 N–H and O–H groups in total. The van der Waals surface area contributed by atoms with Gasteiger partial charge in [0.25, 0.3) is 0 Å². The second-order valence-corrected chi connectivity index (χ2v) is 3.76. The normalized spacial score (nSPS) is 12.5. The Labute approximate surface area is 99.6 Å². The molecule has 0 aromatic carbocycles. The van der Waals surface area contributed by atoms with E-state index in [-0.39, 0.29) is 6.04 Å². The Morgan fingerprint density at radius 2 is 2.41 bits per heavy atom. The fraction of sp³-hybridized carbons (Fsp3) is 0.364. The fourth-order valence-electron chi connectivity index (χ4n) is 1.69. The smallest absolute Gasteiger partial charge is 0.128 e. The highest BCUT2D eigenvalue weighted by molar-refractivity contribution is 5.43. The number of aromatic nitrogens is 4. The van der Waals surface area contributed by atoms with Gasteiger partial charge in [0.1, 0.15) is 11.5 Å². The number of nitrogens with zero attached hydrogens (tertiary/aromatic N) is 3. The topological polar surface area (TPSA) is 92.5 Å². The van der Waals surface area contributed by atoms with Crippen LogP contribution in [0, 0.1) is 0 Å². The molecule has 0 aliphatic rings. The van der Waals surface area contributed by atoms with Gasteiger partial charge < -0.3 is 11.1 Å². The molecule has 0 saturated heterocycles. The molecule has 0 aliphatic carbocycles. The summed E-state index contributed by atoms with van der Waals surface area (Å²) < 4.78 is 0. The van der Waals surface area contributed by atoms with E-state index in [0.717, 1.165) is 24.2 Å². The molecule has 1 atom stereocenters. The first-order chi connectivity index (χ1) is 8.33. The molecule has 0 saturated carbocycles. The Bertz CT molecular complexity index is 453. The fourth-order valence-corrected chi connectivity index (χ4v) is 1.69. The lowest BCUT2D eigenvalue weighted by Crippen LogP contribution is -2.24. The van der Waals surface area contributed by atoms with Crippen molar-refractivity contribution >= 4 is 5.82 Å². The van der Waals surface area contributed by atoms with Crippen LogP contribution in [-0.4, -0.2) is 26.9 Å². The summed E-state index contributed by atoms with van der Waals surface area (Å²) in [4.78, 5) is 4.10. The van der Waals surface area contributed by atoms with Crippen LogP contribution in [0.25, 0.3) is 0 Å². The van der Waals surface area contributed by atoms with Gasteiger partial charge in [-0.3, -0.25) is 0 Å². The average Bonchev–Trinajstić information content (AvgIpc) is 2.85. The lowest BCUT2D eigenvalue weighted by atomic mass is 10.1. The summed E-state index contributed by atoms with van der Waals surface area (Å²) in [6, 6.07) is 3.75. The van der Waals surface area contributed by atoms with Crippen LogP contribution in [0.2, 0.25) is 0 Å². The number of hydrogen-bond donors (Lipinski definition) is 3. The third kappa shape index (κ3) is 2.59. The number of aromatic amines is 1. The van der Waals surface area contributed by atoms with E-state index in [1.54, 1.807) is 12.4 Å². The van der Waals surface area contributed by atoms with Gasteiger partial charge in [-0.1, -0.05) is 13.0 Å². The van der Waals surface area contributed by atoms with Gasteiger partial charge in [0.15, 0.2) is 0 Å². The van der Waals surface area contributed by atoms with E-state index in [4.69, 9.17) is 5.73 Å². The molecule has 2 heterocycles. The van der Waals surface area contributed by atoms with E-state index in [2.05, 4.69) is 32.6 Å². The molecule has 90 valence electrons. The maximum absolute atomic E-state index is 5.89.